The molecule has 2 amide bonds. The van der Waals surface area contributed by atoms with E-state index in [1.165, 1.54) is 12.1 Å². The molecule has 11 heteroatoms. The molecule has 2 aromatic rings. The summed E-state index contributed by atoms with van der Waals surface area (Å²) < 4.78 is 40.8. The molecule has 2 fully saturated rings. The van der Waals surface area contributed by atoms with E-state index in [9.17, 15) is 18.0 Å². The van der Waals surface area contributed by atoms with Crippen molar-refractivity contribution in [2.75, 3.05) is 25.0 Å². The number of aromatic nitrogens is 2. The van der Waals surface area contributed by atoms with Crippen LogP contribution in [-0.4, -0.2) is 51.0 Å². The molecular weight excluding hydrogens is 445 g/mol. The van der Waals surface area contributed by atoms with E-state index in [1.807, 2.05) is 4.90 Å². The molecule has 0 radical (unpaired) electrons. The van der Waals surface area contributed by atoms with Gasteiger partial charge in [0.1, 0.15) is 11.6 Å². The number of nitrogens with zero attached hydrogens (tertiary/aromatic N) is 4. The van der Waals surface area contributed by atoms with E-state index < -0.39 is 23.8 Å². The van der Waals surface area contributed by atoms with Gasteiger partial charge in [0, 0.05) is 30.8 Å². The number of urea groups is 1. The maximum Gasteiger partial charge on any atom is 0.321 e. The van der Waals surface area contributed by atoms with Gasteiger partial charge in [-0.25, -0.2) is 27.9 Å². The highest BCUT2D eigenvalue weighted by molar-refractivity contribution is 6.28. The number of rotatable bonds is 4. The fraction of sp³-hybridized carbons (Fsp3) is 0.476. The number of anilines is 1. The van der Waals surface area contributed by atoms with Crippen LogP contribution in [0.15, 0.2) is 18.2 Å². The van der Waals surface area contributed by atoms with Crippen LogP contribution in [0, 0.1) is 5.82 Å². The molecule has 4 heterocycles. The molecule has 0 aliphatic carbocycles. The van der Waals surface area contributed by atoms with Gasteiger partial charge in [0.15, 0.2) is 0 Å². The van der Waals surface area contributed by atoms with Gasteiger partial charge in [0.25, 0.3) is 6.43 Å². The third-order valence-electron chi connectivity index (χ3n) is 6.65. The topological polar surface area (TPSA) is 73.4 Å². The number of fused-ring (bicyclic) bond motifs is 1. The second-order valence-electron chi connectivity index (χ2n) is 8.55. The number of nitrogens with one attached hydrogen (secondary N) is 2. The first kappa shape index (κ1) is 21.3. The number of benzene rings is 1. The van der Waals surface area contributed by atoms with Crippen LogP contribution in [0.5, 0.6) is 0 Å². The fourth-order valence-electron chi connectivity index (χ4n) is 4.62. The van der Waals surface area contributed by atoms with E-state index >= 15 is 0 Å². The van der Waals surface area contributed by atoms with Gasteiger partial charge in [-0.05, 0) is 24.9 Å². The number of carbonyl (C=O) groups excluding carboxylic acids is 1. The lowest BCUT2D eigenvalue weighted by Crippen LogP contribution is -2.77. The lowest BCUT2D eigenvalue weighted by Gasteiger charge is -2.59. The SMILES string of the molecule is C[C@@H](Nc1nc(Cl)nc2c1CN(C(=O)N1CCC13CNC3)C2)c1cccc(C(F)F)c1F. The largest absolute Gasteiger partial charge is 0.363 e. The molecule has 3 aliphatic heterocycles. The van der Waals surface area contributed by atoms with E-state index in [2.05, 4.69) is 20.6 Å². The highest BCUT2D eigenvalue weighted by atomic mass is 35.5. The Kier molecular flexibility index (Phi) is 5.16. The Morgan fingerprint density at radius 2 is 2.00 bits per heavy atom. The summed E-state index contributed by atoms with van der Waals surface area (Å²) in [5.74, 6) is -0.582. The predicted molar refractivity (Wildman–Crippen MR) is 112 cm³/mol. The average molecular weight is 467 g/mol. The number of alkyl halides is 2. The molecule has 2 saturated heterocycles. The minimum atomic E-state index is -2.91. The molecule has 1 aromatic heterocycles. The third kappa shape index (κ3) is 3.36. The van der Waals surface area contributed by atoms with E-state index in [-0.39, 0.29) is 22.4 Å². The third-order valence-corrected chi connectivity index (χ3v) is 6.82. The Morgan fingerprint density at radius 1 is 1.25 bits per heavy atom. The second kappa shape index (κ2) is 7.77. The summed E-state index contributed by atoms with van der Waals surface area (Å²) in [6.07, 6.45) is -1.92. The molecule has 7 nitrogen and oxygen atoms in total. The van der Waals surface area contributed by atoms with Crippen LogP contribution in [0.3, 0.4) is 0 Å². The summed E-state index contributed by atoms with van der Waals surface area (Å²) in [7, 11) is 0. The summed E-state index contributed by atoms with van der Waals surface area (Å²) in [6.45, 7) is 4.58. The van der Waals surface area contributed by atoms with E-state index in [0.29, 0.717) is 30.2 Å². The lowest BCUT2D eigenvalue weighted by atomic mass is 9.79. The Morgan fingerprint density at radius 3 is 2.62 bits per heavy atom. The van der Waals surface area contributed by atoms with Crippen molar-refractivity contribution < 1.29 is 18.0 Å². The average Bonchev–Trinajstić information content (AvgIpc) is 3.10. The minimum absolute atomic E-state index is 0.00170. The van der Waals surface area contributed by atoms with Gasteiger partial charge in [-0.1, -0.05) is 18.2 Å². The zero-order chi connectivity index (χ0) is 22.6. The first-order valence-electron chi connectivity index (χ1n) is 10.4. The summed E-state index contributed by atoms with van der Waals surface area (Å²) in [5.41, 5.74) is 0.695. The Bertz CT molecular complexity index is 1070. The molecule has 170 valence electrons. The summed E-state index contributed by atoms with van der Waals surface area (Å²) in [6, 6.07) is 3.20. The zero-order valence-corrected chi connectivity index (χ0v) is 18.1. The van der Waals surface area contributed by atoms with Gasteiger partial charge >= 0.3 is 6.03 Å². The number of hydrogen-bond donors (Lipinski definition) is 2. The number of hydrogen-bond acceptors (Lipinski definition) is 5. The van der Waals surface area contributed by atoms with Crippen molar-refractivity contribution in [1.29, 1.82) is 0 Å². The van der Waals surface area contributed by atoms with Crippen molar-refractivity contribution in [3.05, 3.63) is 51.7 Å². The van der Waals surface area contributed by atoms with Crippen molar-refractivity contribution in [3.63, 3.8) is 0 Å². The lowest BCUT2D eigenvalue weighted by molar-refractivity contribution is -0.0291. The molecule has 0 saturated carbocycles. The Balaban J connectivity index is 1.37. The molecule has 32 heavy (non-hydrogen) atoms. The monoisotopic (exact) mass is 466 g/mol. The first-order valence-corrected chi connectivity index (χ1v) is 10.8. The van der Waals surface area contributed by atoms with Crippen LogP contribution in [0.4, 0.5) is 23.8 Å². The van der Waals surface area contributed by atoms with Crippen molar-refractivity contribution in [3.8, 4) is 0 Å². The Labute approximate surface area is 188 Å². The van der Waals surface area contributed by atoms with E-state index in [4.69, 9.17) is 11.6 Å². The van der Waals surface area contributed by atoms with Crippen LogP contribution < -0.4 is 10.6 Å². The standard InChI is InChI=1S/C21H22ClF3N6O/c1-11(12-3-2-4-13(16(12)23)17(24)25)27-18-14-7-30(8-15(14)28-19(22)29-18)20(32)31-6-5-21(31)9-26-10-21/h2-4,11,17,26H,5-10H2,1H3,(H,27,28,29)/t11-/m1/s1. The summed E-state index contributed by atoms with van der Waals surface area (Å²) >= 11 is 6.10. The van der Waals surface area contributed by atoms with E-state index in [1.54, 1.807) is 11.8 Å². The highest BCUT2D eigenvalue weighted by Crippen LogP contribution is 2.38. The molecule has 3 aliphatic rings. The van der Waals surface area contributed by atoms with Crippen LogP contribution in [-0.2, 0) is 13.1 Å². The van der Waals surface area contributed by atoms with Crippen LogP contribution in [0.2, 0.25) is 5.28 Å². The second-order valence-corrected chi connectivity index (χ2v) is 8.89. The normalized spacial score (nSPS) is 19.6. The van der Waals surface area contributed by atoms with Gasteiger partial charge in [0.2, 0.25) is 5.28 Å². The molecule has 5 rings (SSSR count). The van der Waals surface area contributed by atoms with Crippen LogP contribution in [0.25, 0.3) is 0 Å². The Hall–Kier alpha value is -2.59. The van der Waals surface area contributed by atoms with Gasteiger partial charge in [0.05, 0.1) is 35.9 Å². The highest BCUT2D eigenvalue weighted by Gasteiger charge is 2.53. The molecule has 1 aromatic carbocycles. The number of likely N-dealkylation sites (tertiary alicyclic amines) is 1. The zero-order valence-electron chi connectivity index (χ0n) is 17.3. The van der Waals surface area contributed by atoms with Gasteiger partial charge < -0.3 is 20.4 Å². The number of carbonyl (C=O) groups is 1. The fourth-order valence-corrected chi connectivity index (χ4v) is 4.81. The van der Waals surface area contributed by atoms with Crippen molar-refractivity contribution in [1.82, 2.24) is 25.1 Å². The number of halogens is 4. The summed E-state index contributed by atoms with van der Waals surface area (Å²) in [5, 5.41) is 6.30. The quantitative estimate of drug-likeness (QED) is 0.669. The van der Waals surface area contributed by atoms with Crippen LogP contribution in [0.1, 0.15) is 48.2 Å². The molecule has 1 atom stereocenters. The number of amides is 2. The maximum atomic E-state index is 14.6. The molecular formula is C21H22ClF3N6O. The minimum Gasteiger partial charge on any atom is -0.363 e. The molecule has 0 unspecified atom stereocenters. The molecule has 2 N–H and O–H groups in total. The van der Waals surface area contributed by atoms with Crippen molar-refractivity contribution in [2.24, 2.45) is 0 Å². The predicted octanol–water partition coefficient (Wildman–Crippen LogP) is 3.86. The van der Waals surface area contributed by atoms with Crippen molar-refractivity contribution >= 4 is 23.4 Å². The smallest absolute Gasteiger partial charge is 0.321 e. The van der Waals surface area contributed by atoms with Crippen LogP contribution >= 0.6 is 11.6 Å². The molecule has 1 spiro atoms. The summed E-state index contributed by atoms with van der Waals surface area (Å²) in [4.78, 5) is 25.2. The molecule has 0 bridgehead atoms. The van der Waals surface area contributed by atoms with E-state index in [0.717, 1.165) is 32.1 Å². The van der Waals surface area contributed by atoms with Gasteiger partial charge in [-0.2, -0.15) is 0 Å². The maximum absolute atomic E-state index is 14.6. The first-order chi connectivity index (χ1) is 15.3. The van der Waals surface area contributed by atoms with Gasteiger partial charge in [-0.3, -0.25) is 0 Å². The van der Waals surface area contributed by atoms with Gasteiger partial charge in [-0.15, -0.1) is 0 Å². The van der Waals surface area contributed by atoms with Crippen molar-refractivity contribution in [2.45, 2.75) is 44.4 Å².